The van der Waals surface area contributed by atoms with Gasteiger partial charge in [0.25, 0.3) is 0 Å². The summed E-state index contributed by atoms with van der Waals surface area (Å²) in [5.41, 5.74) is 1.57. The molecule has 0 radical (unpaired) electrons. The van der Waals surface area contributed by atoms with Crippen LogP contribution < -0.4 is 4.74 Å². The first kappa shape index (κ1) is 22.2. The van der Waals surface area contributed by atoms with Crippen LogP contribution in [-0.4, -0.2) is 38.4 Å². The van der Waals surface area contributed by atoms with Gasteiger partial charge in [-0.05, 0) is 48.3 Å². The summed E-state index contributed by atoms with van der Waals surface area (Å²) < 4.78 is 17.1. The topological polar surface area (TPSA) is 64.7 Å². The van der Waals surface area contributed by atoms with E-state index in [2.05, 4.69) is 50.9 Å². The van der Waals surface area contributed by atoms with Gasteiger partial charge in [-0.15, -0.1) is 0 Å². The molecule has 152 valence electrons. The Kier molecular flexibility index (Phi) is 7.87. The van der Waals surface area contributed by atoms with E-state index in [9.17, 15) is 0 Å². The fourth-order valence-corrected chi connectivity index (χ4v) is 3.25. The average molecular weight is 402 g/mol. The van der Waals surface area contributed by atoms with Crippen molar-refractivity contribution < 1.29 is 18.8 Å². The molecule has 6 heteroatoms. The standard InChI is InChI=1S/C22H31NO4Si/c1-22(2,3)28(4,5)26-16-6-15-25-20-10-7-18(8-11-20)9-12-21-17-19(13-14-24)23-27-21/h7-8,10-11,17,24H,6,13-16H2,1-5H3. The van der Waals surface area contributed by atoms with Gasteiger partial charge >= 0.3 is 0 Å². The summed E-state index contributed by atoms with van der Waals surface area (Å²) >= 11 is 0. The molecule has 0 saturated heterocycles. The number of nitrogens with zero attached hydrogens (tertiary/aromatic N) is 1. The van der Waals surface area contributed by atoms with Crippen LogP contribution in [0.3, 0.4) is 0 Å². The molecule has 1 N–H and O–H groups in total. The number of aromatic nitrogens is 1. The second-order valence-corrected chi connectivity index (χ2v) is 13.1. The van der Waals surface area contributed by atoms with Crippen LogP contribution >= 0.6 is 0 Å². The highest BCUT2D eigenvalue weighted by Gasteiger charge is 2.36. The molecule has 0 amide bonds. The zero-order valence-corrected chi connectivity index (χ0v) is 18.5. The lowest BCUT2D eigenvalue weighted by molar-refractivity contribution is 0.234. The van der Waals surface area contributed by atoms with Gasteiger partial charge in [0.05, 0.1) is 12.3 Å². The molecular weight excluding hydrogens is 370 g/mol. The van der Waals surface area contributed by atoms with Gasteiger partial charge < -0.3 is 18.8 Å². The number of hydrogen-bond acceptors (Lipinski definition) is 5. The molecule has 0 atom stereocenters. The van der Waals surface area contributed by atoms with Gasteiger partial charge in [-0.3, -0.25) is 0 Å². The molecule has 1 aromatic heterocycles. The minimum atomic E-state index is -1.68. The maximum atomic E-state index is 8.89. The molecule has 2 aromatic rings. The molecule has 0 aliphatic heterocycles. The van der Waals surface area contributed by atoms with Gasteiger partial charge in [-0.2, -0.15) is 0 Å². The second-order valence-electron chi connectivity index (χ2n) is 8.24. The van der Waals surface area contributed by atoms with Crippen LogP contribution in [0.15, 0.2) is 34.9 Å². The van der Waals surface area contributed by atoms with Crippen molar-refractivity contribution in [2.45, 2.75) is 51.7 Å². The van der Waals surface area contributed by atoms with Crippen LogP contribution in [0.1, 0.15) is 44.2 Å². The summed E-state index contributed by atoms with van der Waals surface area (Å²) in [4.78, 5) is 0. The summed E-state index contributed by atoms with van der Waals surface area (Å²) in [6.45, 7) is 12.7. The van der Waals surface area contributed by atoms with E-state index < -0.39 is 8.32 Å². The van der Waals surface area contributed by atoms with Crippen molar-refractivity contribution in [1.29, 1.82) is 0 Å². The molecule has 0 aliphatic rings. The molecule has 0 spiro atoms. The van der Waals surface area contributed by atoms with Crippen molar-refractivity contribution in [3.63, 3.8) is 0 Å². The summed E-state index contributed by atoms with van der Waals surface area (Å²) in [5.74, 6) is 7.28. The van der Waals surface area contributed by atoms with E-state index in [0.717, 1.165) is 24.3 Å². The van der Waals surface area contributed by atoms with Crippen molar-refractivity contribution in [2.75, 3.05) is 19.8 Å². The highest BCUT2D eigenvalue weighted by atomic mass is 28.4. The van der Waals surface area contributed by atoms with Gasteiger partial charge in [0, 0.05) is 37.7 Å². The lowest BCUT2D eigenvalue weighted by Crippen LogP contribution is -2.41. The molecular formula is C22H31NO4Si. The smallest absolute Gasteiger partial charge is 0.210 e. The molecule has 0 aliphatic carbocycles. The van der Waals surface area contributed by atoms with Crippen molar-refractivity contribution in [2.24, 2.45) is 0 Å². The van der Waals surface area contributed by atoms with Crippen LogP contribution in [0.5, 0.6) is 5.75 Å². The zero-order chi connectivity index (χ0) is 20.6. The number of ether oxygens (including phenoxy) is 1. The van der Waals surface area contributed by atoms with E-state index in [1.807, 2.05) is 24.3 Å². The molecule has 28 heavy (non-hydrogen) atoms. The number of hydrogen-bond donors (Lipinski definition) is 1. The third-order valence-electron chi connectivity index (χ3n) is 4.94. The Morgan fingerprint density at radius 1 is 1.11 bits per heavy atom. The first-order valence-electron chi connectivity index (χ1n) is 9.66. The SMILES string of the molecule is CC(C)(C)[Si](C)(C)OCCCOc1ccc(C#Cc2cc(CCO)no2)cc1. The second kappa shape index (κ2) is 9.92. The summed E-state index contributed by atoms with van der Waals surface area (Å²) in [7, 11) is -1.68. The lowest BCUT2D eigenvalue weighted by atomic mass is 10.2. The fraction of sp³-hybridized carbons (Fsp3) is 0.500. The number of benzene rings is 1. The molecule has 2 rings (SSSR count). The quantitative estimate of drug-likeness (QED) is 0.403. The molecule has 0 fully saturated rings. The maximum absolute atomic E-state index is 8.89. The first-order valence-corrected chi connectivity index (χ1v) is 12.6. The number of aliphatic hydroxyl groups is 1. The Balaban J connectivity index is 1.76. The van der Waals surface area contributed by atoms with Crippen molar-refractivity contribution >= 4 is 8.32 Å². The average Bonchev–Trinajstić information content (AvgIpc) is 3.07. The van der Waals surface area contributed by atoms with E-state index in [1.165, 1.54) is 0 Å². The van der Waals surface area contributed by atoms with Crippen LogP contribution in [-0.2, 0) is 10.8 Å². The summed E-state index contributed by atoms with van der Waals surface area (Å²) in [6.07, 6.45) is 1.34. The van der Waals surface area contributed by atoms with Crippen LogP contribution in [0.2, 0.25) is 18.1 Å². The Bertz CT molecular complexity index is 794. The minimum Gasteiger partial charge on any atom is -0.494 e. The molecule has 1 heterocycles. The van der Waals surface area contributed by atoms with Gasteiger partial charge in [-0.1, -0.05) is 31.8 Å². The highest BCUT2D eigenvalue weighted by Crippen LogP contribution is 2.36. The fourth-order valence-electron chi connectivity index (χ4n) is 2.16. The monoisotopic (exact) mass is 401 g/mol. The van der Waals surface area contributed by atoms with Crippen LogP contribution in [0.4, 0.5) is 0 Å². The van der Waals surface area contributed by atoms with Gasteiger partial charge in [0.1, 0.15) is 5.75 Å². The van der Waals surface area contributed by atoms with Crippen molar-refractivity contribution in [3.05, 3.63) is 47.3 Å². The van der Waals surface area contributed by atoms with Gasteiger partial charge in [0.2, 0.25) is 5.76 Å². The largest absolute Gasteiger partial charge is 0.494 e. The Morgan fingerprint density at radius 3 is 2.46 bits per heavy atom. The number of aliphatic hydroxyl groups excluding tert-OH is 1. The molecule has 0 bridgehead atoms. The van der Waals surface area contributed by atoms with Crippen molar-refractivity contribution in [1.82, 2.24) is 5.16 Å². The van der Waals surface area contributed by atoms with Crippen molar-refractivity contribution in [3.8, 4) is 17.6 Å². The predicted molar refractivity (Wildman–Crippen MR) is 113 cm³/mol. The van der Waals surface area contributed by atoms with E-state index in [4.69, 9.17) is 18.8 Å². The van der Waals surface area contributed by atoms with Crippen LogP contribution in [0, 0.1) is 11.8 Å². The predicted octanol–water partition coefficient (Wildman–Crippen LogP) is 4.40. The molecule has 0 unspecified atom stereocenters. The highest BCUT2D eigenvalue weighted by molar-refractivity contribution is 6.74. The Morgan fingerprint density at radius 2 is 1.82 bits per heavy atom. The minimum absolute atomic E-state index is 0.0449. The molecule has 5 nitrogen and oxygen atoms in total. The summed E-state index contributed by atoms with van der Waals surface area (Å²) in [5, 5.41) is 13.0. The Labute approximate surface area is 169 Å². The molecule has 1 aromatic carbocycles. The van der Waals surface area contributed by atoms with Gasteiger partial charge in [-0.25, -0.2) is 0 Å². The van der Waals surface area contributed by atoms with E-state index in [1.54, 1.807) is 6.07 Å². The van der Waals surface area contributed by atoms with E-state index >= 15 is 0 Å². The maximum Gasteiger partial charge on any atom is 0.210 e. The van der Waals surface area contributed by atoms with E-state index in [0.29, 0.717) is 24.5 Å². The van der Waals surface area contributed by atoms with Crippen LogP contribution in [0.25, 0.3) is 0 Å². The third-order valence-corrected chi connectivity index (χ3v) is 9.48. The Hall–Kier alpha value is -2.07. The first-order chi connectivity index (χ1) is 13.2. The lowest BCUT2D eigenvalue weighted by Gasteiger charge is -2.36. The third kappa shape index (κ3) is 6.83. The normalized spacial score (nSPS) is 11.8. The number of rotatable bonds is 8. The summed E-state index contributed by atoms with van der Waals surface area (Å²) in [6, 6.07) is 9.40. The zero-order valence-electron chi connectivity index (χ0n) is 17.5. The molecule has 0 saturated carbocycles. The van der Waals surface area contributed by atoms with Gasteiger partial charge in [0.15, 0.2) is 8.32 Å². The van der Waals surface area contributed by atoms with E-state index in [-0.39, 0.29) is 11.6 Å².